The van der Waals surface area contributed by atoms with Gasteiger partial charge in [-0.25, -0.2) is 4.79 Å². The Labute approximate surface area is 124 Å². The molecule has 0 fully saturated rings. The number of nitrogens with zero attached hydrogens (tertiary/aromatic N) is 1. The molecule has 18 heavy (non-hydrogen) atoms. The molecule has 1 heterocycles. The van der Waals surface area contributed by atoms with Crippen molar-refractivity contribution in [2.24, 2.45) is 0 Å². The summed E-state index contributed by atoms with van der Waals surface area (Å²) in [5.74, 6) is -0.904. The molecule has 1 N–H and O–H groups in total. The van der Waals surface area contributed by atoms with Gasteiger partial charge in [0.15, 0.2) is 0 Å². The van der Waals surface area contributed by atoms with Crippen LogP contribution in [0.1, 0.15) is 21.7 Å². The number of carboxylic acids is 1. The van der Waals surface area contributed by atoms with Crippen LogP contribution in [0.5, 0.6) is 0 Å². The van der Waals surface area contributed by atoms with Crippen molar-refractivity contribution >= 4 is 40.2 Å². The Morgan fingerprint density at radius 1 is 1.33 bits per heavy atom. The van der Waals surface area contributed by atoms with Crippen LogP contribution in [0, 0.1) is 17.4 Å². The van der Waals surface area contributed by atoms with E-state index < -0.39 is 5.97 Å². The van der Waals surface area contributed by atoms with E-state index in [-0.39, 0.29) is 0 Å². The normalized spacial score (nSPS) is 10.7. The zero-order valence-corrected chi connectivity index (χ0v) is 12.8. The Kier molecular flexibility index (Phi) is 3.68. The zero-order valence-electron chi connectivity index (χ0n) is 9.87. The molecular formula is C13H11ClINO2. The second kappa shape index (κ2) is 4.93. The summed E-state index contributed by atoms with van der Waals surface area (Å²) in [5, 5.41) is 9.80. The maximum Gasteiger partial charge on any atom is 0.337 e. The zero-order chi connectivity index (χ0) is 13.4. The molecule has 0 aliphatic carbocycles. The molecular weight excluding hydrogens is 365 g/mol. The third-order valence-electron chi connectivity index (χ3n) is 2.81. The number of aromatic nitrogens is 1. The summed E-state index contributed by atoms with van der Waals surface area (Å²) in [4.78, 5) is 11.1. The fraction of sp³-hybridized carbons (Fsp3) is 0.154. The van der Waals surface area contributed by atoms with Crippen molar-refractivity contribution in [1.82, 2.24) is 4.57 Å². The first-order chi connectivity index (χ1) is 8.41. The quantitative estimate of drug-likeness (QED) is 0.805. The van der Waals surface area contributed by atoms with E-state index in [0.717, 1.165) is 20.6 Å². The summed E-state index contributed by atoms with van der Waals surface area (Å²) >= 11 is 8.13. The second-order valence-electron chi connectivity index (χ2n) is 4.02. The average molecular weight is 376 g/mol. The standard InChI is InChI=1S/C13H11ClINO2/c1-7-5-10(13(17)18)8(2)16(7)12-4-3-9(14)6-11(12)15/h3-6H,1-2H3,(H,17,18). The number of carboxylic acid groups (broad SMARTS) is 1. The molecule has 2 rings (SSSR count). The van der Waals surface area contributed by atoms with Crippen molar-refractivity contribution in [2.45, 2.75) is 13.8 Å². The predicted octanol–water partition coefficient (Wildman–Crippen LogP) is 4.05. The van der Waals surface area contributed by atoms with Gasteiger partial charge in [0, 0.05) is 20.0 Å². The van der Waals surface area contributed by atoms with Crippen molar-refractivity contribution in [3.63, 3.8) is 0 Å². The van der Waals surface area contributed by atoms with Gasteiger partial charge in [0.05, 0.1) is 11.3 Å². The number of aryl methyl sites for hydroxylation is 1. The fourth-order valence-corrected chi connectivity index (χ4v) is 3.13. The topological polar surface area (TPSA) is 42.2 Å². The Hall–Kier alpha value is -1.01. The maximum atomic E-state index is 11.1. The summed E-state index contributed by atoms with van der Waals surface area (Å²) in [6.07, 6.45) is 0. The first-order valence-corrected chi connectivity index (χ1v) is 6.75. The van der Waals surface area contributed by atoms with Gasteiger partial charge >= 0.3 is 5.97 Å². The van der Waals surface area contributed by atoms with Crippen molar-refractivity contribution in [2.75, 3.05) is 0 Å². The lowest BCUT2D eigenvalue weighted by Gasteiger charge is -2.12. The van der Waals surface area contributed by atoms with E-state index >= 15 is 0 Å². The van der Waals surface area contributed by atoms with Crippen LogP contribution in [0.4, 0.5) is 0 Å². The second-order valence-corrected chi connectivity index (χ2v) is 5.62. The summed E-state index contributed by atoms with van der Waals surface area (Å²) in [6, 6.07) is 7.24. The predicted molar refractivity (Wildman–Crippen MR) is 79.9 cm³/mol. The first kappa shape index (κ1) is 13.4. The Bertz CT molecular complexity index is 634. The van der Waals surface area contributed by atoms with Crippen molar-refractivity contribution in [3.05, 3.63) is 49.8 Å². The molecule has 0 atom stereocenters. The molecule has 0 radical (unpaired) electrons. The number of carbonyl (C=O) groups is 1. The van der Waals surface area contributed by atoms with Crippen LogP contribution < -0.4 is 0 Å². The molecule has 1 aromatic heterocycles. The molecule has 1 aromatic carbocycles. The molecule has 0 aliphatic heterocycles. The summed E-state index contributed by atoms with van der Waals surface area (Å²) in [6.45, 7) is 3.70. The Morgan fingerprint density at radius 2 is 2.00 bits per heavy atom. The van der Waals surface area contributed by atoms with Crippen LogP contribution in [0.15, 0.2) is 24.3 Å². The van der Waals surface area contributed by atoms with E-state index in [9.17, 15) is 4.79 Å². The lowest BCUT2D eigenvalue weighted by Crippen LogP contribution is -2.04. The van der Waals surface area contributed by atoms with E-state index in [2.05, 4.69) is 22.6 Å². The third kappa shape index (κ3) is 2.27. The van der Waals surface area contributed by atoms with Crippen LogP contribution in [0.2, 0.25) is 5.02 Å². The molecule has 0 saturated carbocycles. The summed E-state index contributed by atoms with van der Waals surface area (Å²) in [5.41, 5.74) is 2.89. The number of hydrogen-bond acceptors (Lipinski definition) is 1. The van der Waals surface area contributed by atoms with E-state index in [4.69, 9.17) is 16.7 Å². The lowest BCUT2D eigenvalue weighted by atomic mass is 10.2. The molecule has 0 unspecified atom stereocenters. The van der Waals surface area contributed by atoms with E-state index in [1.165, 1.54) is 0 Å². The molecule has 0 amide bonds. The van der Waals surface area contributed by atoms with Gasteiger partial charge in [-0.3, -0.25) is 0 Å². The third-order valence-corrected chi connectivity index (χ3v) is 3.91. The average Bonchev–Trinajstić information content (AvgIpc) is 2.56. The van der Waals surface area contributed by atoms with Gasteiger partial charge < -0.3 is 9.67 Å². The van der Waals surface area contributed by atoms with Gasteiger partial charge in [0.2, 0.25) is 0 Å². The molecule has 2 aromatic rings. The van der Waals surface area contributed by atoms with Crippen LogP contribution in [0.25, 0.3) is 5.69 Å². The number of benzene rings is 1. The highest BCUT2D eigenvalue weighted by molar-refractivity contribution is 14.1. The Balaban J connectivity index is 2.68. The van der Waals surface area contributed by atoms with Gasteiger partial charge in [-0.15, -0.1) is 0 Å². The minimum atomic E-state index is -0.904. The largest absolute Gasteiger partial charge is 0.478 e. The molecule has 3 nitrogen and oxygen atoms in total. The van der Waals surface area contributed by atoms with Crippen LogP contribution in [-0.2, 0) is 0 Å². The van der Waals surface area contributed by atoms with Gasteiger partial charge in [-0.05, 0) is 60.7 Å². The van der Waals surface area contributed by atoms with Gasteiger partial charge in [0.1, 0.15) is 0 Å². The molecule has 5 heteroatoms. The van der Waals surface area contributed by atoms with E-state index in [1.807, 2.05) is 23.6 Å². The van der Waals surface area contributed by atoms with Crippen LogP contribution in [-0.4, -0.2) is 15.6 Å². The number of hydrogen-bond donors (Lipinski definition) is 1. The summed E-state index contributed by atoms with van der Waals surface area (Å²) in [7, 11) is 0. The molecule has 0 saturated heterocycles. The SMILES string of the molecule is Cc1cc(C(=O)O)c(C)n1-c1ccc(Cl)cc1I. The van der Waals surface area contributed by atoms with Crippen molar-refractivity contribution in [3.8, 4) is 5.69 Å². The minimum Gasteiger partial charge on any atom is -0.478 e. The first-order valence-electron chi connectivity index (χ1n) is 5.29. The summed E-state index contributed by atoms with van der Waals surface area (Å²) < 4.78 is 2.92. The van der Waals surface area contributed by atoms with Gasteiger partial charge in [-0.2, -0.15) is 0 Å². The molecule has 0 spiro atoms. The van der Waals surface area contributed by atoms with Gasteiger partial charge in [-0.1, -0.05) is 11.6 Å². The fourth-order valence-electron chi connectivity index (χ4n) is 2.01. The van der Waals surface area contributed by atoms with Crippen LogP contribution in [0.3, 0.4) is 0 Å². The highest BCUT2D eigenvalue weighted by Gasteiger charge is 2.16. The van der Waals surface area contributed by atoms with E-state index in [1.54, 1.807) is 19.1 Å². The van der Waals surface area contributed by atoms with E-state index in [0.29, 0.717) is 10.6 Å². The number of halogens is 2. The smallest absolute Gasteiger partial charge is 0.337 e. The maximum absolute atomic E-state index is 11.1. The number of rotatable bonds is 2. The lowest BCUT2D eigenvalue weighted by molar-refractivity contribution is 0.0696. The Morgan fingerprint density at radius 3 is 2.50 bits per heavy atom. The minimum absolute atomic E-state index is 0.332. The van der Waals surface area contributed by atoms with Crippen molar-refractivity contribution in [1.29, 1.82) is 0 Å². The molecule has 94 valence electrons. The number of aromatic carboxylic acids is 1. The molecule has 0 bridgehead atoms. The highest BCUT2D eigenvalue weighted by atomic mass is 127. The highest BCUT2D eigenvalue weighted by Crippen LogP contribution is 2.26. The van der Waals surface area contributed by atoms with Crippen molar-refractivity contribution < 1.29 is 9.90 Å². The molecule has 0 aliphatic rings. The van der Waals surface area contributed by atoms with Crippen LogP contribution >= 0.6 is 34.2 Å². The monoisotopic (exact) mass is 375 g/mol. The van der Waals surface area contributed by atoms with Gasteiger partial charge in [0.25, 0.3) is 0 Å².